The Labute approximate surface area is 54.7 Å². The van der Waals surface area contributed by atoms with E-state index >= 15 is 0 Å². The van der Waals surface area contributed by atoms with Gasteiger partial charge in [-0.15, -0.1) is 18.0 Å². The van der Waals surface area contributed by atoms with Crippen molar-refractivity contribution >= 4 is 11.6 Å². The zero-order valence-electron chi connectivity index (χ0n) is 4.82. The highest BCUT2D eigenvalue weighted by Gasteiger charge is 2.18. The first-order valence-electron chi connectivity index (χ1n) is 2.44. The highest BCUT2D eigenvalue weighted by molar-refractivity contribution is 6.18. The molecule has 0 aromatic carbocycles. The predicted octanol–water partition coefficient (Wildman–Crippen LogP) is 1.000. The first kappa shape index (κ1) is 7.81. The Morgan fingerprint density at radius 3 is 2.38 bits per heavy atom. The fourth-order valence-electron chi connectivity index (χ4n) is 0.235. The van der Waals surface area contributed by atoms with E-state index < -0.39 is 5.60 Å². The number of hydrogen-bond acceptors (Lipinski definition) is 1. The van der Waals surface area contributed by atoms with Gasteiger partial charge in [-0.1, -0.05) is 12.8 Å². The molecule has 0 aromatic rings. The topological polar surface area (TPSA) is 20.2 Å². The maximum absolute atomic E-state index is 9.07. The van der Waals surface area contributed by atoms with Crippen molar-refractivity contribution < 1.29 is 5.11 Å². The van der Waals surface area contributed by atoms with Gasteiger partial charge in [0.2, 0.25) is 0 Å². The molecule has 0 fully saturated rings. The second kappa shape index (κ2) is 2.96. The van der Waals surface area contributed by atoms with Gasteiger partial charge in [-0.25, -0.2) is 0 Å². The van der Waals surface area contributed by atoms with Crippen LogP contribution in [-0.4, -0.2) is 16.6 Å². The summed E-state index contributed by atoms with van der Waals surface area (Å²) >= 11 is 5.32. The molecule has 1 N–H and O–H groups in total. The maximum Gasteiger partial charge on any atom is 0.138 e. The van der Waals surface area contributed by atoms with E-state index in [-0.39, 0.29) is 5.88 Å². The standard InChI is InChI=1S/C6H9ClO/c1-3-6(8,4-2)5-7/h1,8H,4-5H2,2H3. The molecule has 0 rings (SSSR count). The van der Waals surface area contributed by atoms with E-state index in [1.165, 1.54) is 0 Å². The van der Waals surface area contributed by atoms with Crippen molar-refractivity contribution in [2.45, 2.75) is 18.9 Å². The molecule has 1 nitrogen and oxygen atoms in total. The molecule has 0 radical (unpaired) electrons. The van der Waals surface area contributed by atoms with Crippen molar-refractivity contribution in [2.75, 3.05) is 5.88 Å². The number of halogens is 1. The lowest BCUT2D eigenvalue weighted by Gasteiger charge is -2.14. The second-order valence-corrected chi connectivity index (χ2v) is 1.93. The van der Waals surface area contributed by atoms with Gasteiger partial charge in [0.1, 0.15) is 5.60 Å². The Morgan fingerprint density at radius 1 is 1.88 bits per heavy atom. The predicted molar refractivity (Wildman–Crippen MR) is 34.8 cm³/mol. The van der Waals surface area contributed by atoms with Gasteiger partial charge in [0.15, 0.2) is 0 Å². The van der Waals surface area contributed by atoms with E-state index in [9.17, 15) is 0 Å². The molecule has 0 saturated heterocycles. The molecule has 0 heterocycles. The third-order valence-corrected chi connectivity index (χ3v) is 1.52. The summed E-state index contributed by atoms with van der Waals surface area (Å²) in [6.45, 7) is 1.79. The van der Waals surface area contributed by atoms with Crippen molar-refractivity contribution in [1.29, 1.82) is 0 Å². The lowest BCUT2D eigenvalue weighted by Crippen LogP contribution is -2.26. The molecule has 8 heavy (non-hydrogen) atoms. The number of aliphatic hydroxyl groups is 1. The summed E-state index contributed by atoms with van der Waals surface area (Å²) in [6, 6.07) is 0. The molecule has 0 aromatic heterocycles. The number of terminal acetylenes is 1. The highest BCUT2D eigenvalue weighted by Crippen LogP contribution is 2.08. The summed E-state index contributed by atoms with van der Waals surface area (Å²) in [4.78, 5) is 0. The van der Waals surface area contributed by atoms with Crippen LogP contribution >= 0.6 is 11.6 Å². The highest BCUT2D eigenvalue weighted by atomic mass is 35.5. The maximum atomic E-state index is 9.07. The number of rotatable bonds is 2. The van der Waals surface area contributed by atoms with Crippen molar-refractivity contribution in [3.05, 3.63) is 0 Å². The van der Waals surface area contributed by atoms with Crippen LogP contribution in [0.1, 0.15) is 13.3 Å². The third-order valence-electron chi connectivity index (χ3n) is 1.07. The summed E-state index contributed by atoms with van der Waals surface area (Å²) in [7, 11) is 0. The smallest absolute Gasteiger partial charge is 0.138 e. The van der Waals surface area contributed by atoms with Crippen LogP contribution in [0.2, 0.25) is 0 Å². The normalized spacial score (nSPS) is 16.8. The van der Waals surface area contributed by atoms with Crippen LogP contribution in [0.4, 0.5) is 0 Å². The lowest BCUT2D eigenvalue weighted by molar-refractivity contribution is 0.122. The zero-order chi connectivity index (χ0) is 6.62. The minimum atomic E-state index is -1.08. The molecule has 46 valence electrons. The van der Waals surface area contributed by atoms with Crippen molar-refractivity contribution in [3.63, 3.8) is 0 Å². The van der Waals surface area contributed by atoms with Gasteiger partial charge in [0, 0.05) is 0 Å². The number of alkyl halides is 1. The zero-order valence-corrected chi connectivity index (χ0v) is 5.57. The molecular weight excluding hydrogens is 124 g/mol. The lowest BCUT2D eigenvalue weighted by atomic mass is 10.1. The van der Waals surface area contributed by atoms with E-state index in [4.69, 9.17) is 23.1 Å². The molecule has 0 bridgehead atoms. The fraction of sp³-hybridized carbons (Fsp3) is 0.667. The summed E-state index contributed by atoms with van der Waals surface area (Å²) < 4.78 is 0. The average Bonchev–Trinajstić information content (AvgIpc) is 1.87. The fourth-order valence-corrected chi connectivity index (χ4v) is 0.501. The Bertz CT molecular complexity index is 99.6. The van der Waals surface area contributed by atoms with Crippen LogP contribution < -0.4 is 0 Å². The first-order chi connectivity index (χ1) is 3.68. The molecule has 0 saturated carbocycles. The third kappa shape index (κ3) is 1.73. The summed E-state index contributed by atoms with van der Waals surface area (Å²) in [5.74, 6) is 2.31. The van der Waals surface area contributed by atoms with Crippen LogP contribution in [0.25, 0.3) is 0 Å². The molecule has 0 amide bonds. The molecule has 0 aliphatic heterocycles. The van der Waals surface area contributed by atoms with E-state index in [2.05, 4.69) is 5.92 Å². The Kier molecular flexibility index (Phi) is 2.89. The Hall–Kier alpha value is -0.190. The molecule has 0 aliphatic carbocycles. The van der Waals surface area contributed by atoms with E-state index in [0.29, 0.717) is 6.42 Å². The molecule has 2 heteroatoms. The quantitative estimate of drug-likeness (QED) is 0.439. The molecule has 1 unspecified atom stereocenters. The van der Waals surface area contributed by atoms with Crippen LogP contribution in [-0.2, 0) is 0 Å². The summed E-state index contributed by atoms with van der Waals surface area (Å²) in [6.07, 6.45) is 5.45. The van der Waals surface area contributed by atoms with Gasteiger partial charge in [-0.05, 0) is 6.42 Å². The monoisotopic (exact) mass is 132 g/mol. The SMILES string of the molecule is C#CC(O)(CC)CCl. The second-order valence-electron chi connectivity index (χ2n) is 1.66. The van der Waals surface area contributed by atoms with E-state index in [0.717, 1.165) is 0 Å². The van der Waals surface area contributed by atoms with Crippen LogP contribution in [0.15, 0.2) is 0 Å². The van der Waals surface area contributed by atoms with Crippen LogP contribution in [0.3, 0.4) is 0 Å². The molecule has 1 atom stereocenters. The van der Waals surface area contributed by atoms with Gasteiger partial charge >= 0.3 is 0 Å². The van der Waals surface area contributed by atoms with Gasteiger partial charge in [0.25, 0.3) is 0 Å². The van der Waals surface area contributed by atoms with Gasteiger partial charge in [-0.2, -0.15) is 0 Å². The average molecular weight is 133 g/mol. The minimum absolute atomic E-state index is 0.111. The van der Waals surface area contributed by atoms with Crippen LogP contribution in [0, 0.1) is 12.3 Å². The van der Waals surface area contributed by atoms with E-state index in [1.54, 1.807) is 6.92 Å². The first-order valence-corrected chi connectivity index (χ1v) is 2.98. The van der Waals surface area contributed by atoms with Gasteiger partial charge < -0.3 is 5.11 Å². The number of hydrogen-bond donors (Lipinski definition) is 1. The minimum Gasteiger partial charge on any atom is -0.376 e. The Morgan fingerprint density at radius 2 is 2.38 bits per heavy atom. The van der Waals surface area contributed by atoms with E-state index in [1.807, 2.05) is 0 Å². The summed E-state index contributed by atoms with van der Waals surface area (Å²) in [5, 5.41) is 9.07. The van der Waals surface area contributed by atoms with Crippen molar-refractivity contribution in [3.8, 4) is 12.3 Å². The molecular formula is C6H9ClO. The van der Waals surface area contributed by atoms with Crippen LogP contribution in [0.5, 0.6) is 0 Å². The molecule has 0 spiro atoms. The molecule has 0 aliphatic rings. The van der Waals surface area contributed by atoms with Crippen molar-refractivity contribution in [2.24, 2.45) is 0 Å². The Balaban J connectivity index is 3.83. The van der Waals surface area contributed by atoms with Gasteiger partial charge in [0.05, 0.1) is 5.88 Å². The van der Waals surface area contributed by atoms with Crippen molar-refractivity contribution in [1.82, 2.24) is 0 Å². The largest absolute Gasteiger partial charge is 0.376 e. The van der Waals surface area contributed by atoms with Gasteiger partial charge in [-0.3, -0.25) is 0 Å². The summed E-state index contributed by atoms with van der Waals surface area (Å²) in [5.41, 5.74) is -1.08.